The summed E-state index contributed by atoms with van der Waals surface area (Å²) >= 11 is 0. The van der Waals surface area contributed by atoms with Crippen molar-refractivity contribution in [2.24, 2.45) is 0 Å². The van der Waals surface area contributed by atoms with Crippen molar-refractivity contribution in [1.29, 1.82) is 0 Å². The van der Waals surface area contributed by atoms with Crippen LogP contribution in [0.3, 0.4) is 0 Å². The zero-order valence-corrected chi connectivity index (χ0v) is 12.0. The number of carbonyl (C=O) groups is 1. The molecule has 0 spiro atoms. The van der Waals surface area contributed by atoms with E-state index in [9.17, 15) is 4.79 Å². The van der Waals surface area contributed by atoms with E-state index < -0.39 is 0 Å². The van der Waals surface area contributed by atoms with Crippen LogP contribution in [-0.2, 0) is 17.9 Å². The smallest absolute Gasteiger partial charge is 0.240 e. The molecule has 3 aromatic heterocycles. The van der Waals surface area contributed by atoms with Crippen LogP contribution in [0.25, 0.3) is 11.3 Å². The van der Waals surface area contributed by atoms with Crippen LogP contribution in [0.1, 0.15) is 5.56 Å². The Kier molecular flexibility index (Phi) is 4.25. The molecule has 0 aliphatic rings. The van der Waals surface area contributed by atoms with E-state index in [1.165, 1.54) is 0 Å². The molecule has 3 aromatic rings. The standard InChI is InChI=1S/C17H16N4O/c22-17(13-21-8-1-2-9-21)20-11-14-5-6-16(19-10-14)15-4-3-7-18-12-15/h1-10,12H,11,13H2,(H,20,22). The average Bonchev–Trinajstić information content (AvgIpc) is 3.07. The minimum Gasteiger partial charge on any atom is -0.350 e. The Bertz CT molecular complexity index is 721. The molecule has 22 heavy (non-hydrogen) atoms. The van der Waals surface area contributed by atoms with Crippen LogP contribution in [0.15, 0.2) is 67.4 Å². The number of amides is 1. The molecular formula is C17H16N4O. The number of aromatic nitrogens is 3. The predicted octanol–water partition coefficient (Wildman–Crippen LogP) is 2.26. The Morgan fingerprint density at radius 1 is 1.09 bits per heavy atom. The SMILES string of the molecule is O=C(Cn1cccc1)NCc1ccc(-c2cccnc2)nc1. The highest BCUT2D eigenvalue weighted by Crippen LogP contribution is 2.14. The van der Waals surface area contributed by atoms with Gasteiger partial charge in [0.15, 0.2) is 0 Å². The Morgan fingerprint density at radius 3 is 2.64 bits per heavy atom. The summed E-state index contributed by atoms with van der Waals surface area (Å²) in [5.41, 5.74) is 2.81. The van der Waals surface area contributed by atoms with Gasteiger partial charge in [-0.15, -0.1) is 0 Å². The van der Waals surface area contributed by atoms with E-state index >= 15 is 0 Å². The first-order chi connectivity index (χ1) is 10.8. The van der Waals surface area contributed by atoms with Crippen LogP contribution in [0.2, 0.25) is 0 Å². The van der Waals surface area contributed by atoms with E-state index in [0.29, 0.717) is 13.1 Å². The van der Waals surface area contributed by atoms with Crippen LogP contribution < -0.4 is 5.32 Å². The number of nitrogens with one attached hydrogen (secondary N) is 1. The molecular weight excluding hydrogens is 276 g/mol. The summed E-state index contributed by atoms with van der Waals surface area (Å²) in [5.74, 6) is -0.0208. The van der Waals surface area contributed by atoms with E-state index in [-0.39, 0.29) is 5.91 Å². The first-order valence-corrected chi connectivity index (χ1v) is 7.04. The van der Waals surface area contributed by atoms with Gasteiger partial charge in [-0.3, -0.25) is 14.8 Å². The summed E-state index contributed by atoms with van der Waals surface area (Å²) in [6.45, 7) is 0.800. The van der Waals surface area contributed by atoms with Crippen molar-refractivity contribution in [1.82, 2.24) is 19.9 Å². The Morgan fingerprint density at radius 2 is 1.95 bits per heavy atom. The molecule has 0 aliphatic carbocycles. The average molecular weight is 292 g/mol. The fraction of sp³-hybridized carbons (Fsp3) is 0.118. The number of hydrogen-bond donors (Lipinski definition) is 1. The summed E-state index contributed by atoms with van der Waals surface area (Å²) in [7, 11) is 0. The molecule has 3 heterocycles. The molecule has 0 unspecified atom stereocenters. The third kappa shape index (κ3) is 3.58. The van der Waals surface area contributed by atoms with Crippen molar-refractivity contribution in [2.75, 3.05) is 0 Å². The lowest BCUT2D eigenvalue weighted by atomic mass is 10.1. The fourth-order valence-corrected chi connectivity index (χ4v) is 2.11. The second kappa shape index (κ2) is 6.67. The monoisotopic (exact) mass is 292 g/mol. The molecule has 0 fully saturated rings. The van der Waals surface area contributed by atoms with Crippen molar-refractivity contribution in [2.45, 2.75) is 13.1 Å². The number of rotatable bonds is 5. The lowest BCUT2D eigenvalue weighted by Gasteiger charge is -2.07. The van der Waals surface area contributed by atoms with Gasteiger partial charge in [0.2, 0.25) is 5.91 Å². The molecule has 0 aromatic carbocycles. The third-order valence-corrected chi connectivity index (χ3v) is 3.26. The number of hydrogen-bond acceptors (Lipinski definition) is 3. The zero-order chi connectivity index (χ0) is 15.2. The van der Waals surface area contributed by atoms with Gasteiger partial charge in [-0.2, -0.15) is 0 Å². The maximum Gasteiger partial charge on any atom is 0.240 e. The third-order valence-electron chi connectivity index (χ3n) is 3.26. The second-order valence-corrected chi connectivity index (χ2v) is 4.93. The zero-order valence-electron chi connectivity index (χ0n) is 12.0. The van der Waals surface area contributed by atoms with Gasteiger partial charge in [0.25, 0.3) is 0 Å². The highest BCUT2D eigenvalue weighted by Gasteiger charge is 2.03. The normalized spacial score (nSPS) is 10.4. The van der Waals surface area contributed by atoms with Gasteiger partial charge < -0.3 is 9.88 Å². The maximum absolute atomic E-state index is 11.8. The molecule has 0 saturated heterocycles. The van der Waals surface area contributed by atoms with E-state index in [1.807, 2.05) is 53.4 Å². The minimum absolute atomic E-state index is 0.0208. The first kappa shape index (κ1) is 14.0. The summed E-state index contributed by atoms with van der Waals surface area (Å²) in [4.78, 5) is 20.3. The van der Waals surface area contributed by atoms with Gasteiger partial charge in [0.1, 0.15) is 6.54 Å². The molecule has 5 nitrogen and oxygen atoms in total. The van der Waals surface area contributed by atoms with Gasteiger partial charge >= 0.3 is 0 Å². The minimum atomic E-state index is -0.0208. The second-order valence-electron chi connectivity index (χ2n) is 4.93. The van der Waals surface area contributed by atoms with E-state index in [1.54, 1.807) is 18.6 Å². The topological polar surface area (TPSA) is 59.8 Å². The number of nitrogens with zero attached hydrogens (tertiary/aromatic N) is 3. The van der Waals surface area contributed by atoms with Crippen molar-refractivity contribution < 1.29 is 4.79 Å². The van der Waals surface area contributed by atoms with E-state index in [4.69, 9.17) is 0 Å². The van der Waals surface area contributed by atoms with Crippen LogP contribution in [0.5, 0.6) is 0 Å². The lowest BCUT2D eigenvalue weighted by Crippen LogP contribution is -2.26. The first-order valence-electron chi connectivity index (χ1n) is 7.04. The molecule has 5 heteroatoms. The van der Waals surface area contributed by atoms with Crippen molar-refractivity contribution in [3.63, 3.8) is 0 Å². The van der Waals surface area contributed by atoms with Gasteiger partial charge in [-0.05, 0) is 35.9 Å². The maximum atomic E-state index is 11.8. The van der Waals surface area contributed by atoms with Gasteiger partial charge in [0, 0.05) is 43.1 Å². The van der Waals surface area contributed by atoms with Gasteiger partial charge in [0.05, 0.1) is 5.69 Å². The van der Waals surface area contributed by atoms with E-state index in [0.717, 1.165) is 16.8 Å². The Labute approximate surface area is 128 Å². The molecule has 3 rings (SSSR count). The van der Waals surface area contributed by atoms with Crippen LogP contribution in [-0.4, -0.2) is 20.4 Å². The fourth-order valence-electron chi connectivity index (χ4n) is 2.11. The number of carbonyl (C=O) groups excluding carboxylic acids is 1. The quantitative estimate of drug-likeness (QED) is 0.784. The number of pyridine rings is 2. The summed E-state index contributed by atoms with van der Waals surface area (Å²) in [6, 6.07) is 11.5. The molecule has 0 bridgehead atoms. The predicted molar refractivity (Wildman–Crippen MR) is 83.7 cm³/mol. The molecule has 0 atom stereocenters. The molecule has 110 valence electrons. The van der Waals surface area contributed by atoms with Gasteiger partial charge in [-0.25, -0.2) is 0 Å². The Balaban J connectivity index is 1.56. The Hall–Kier alpha value is -2.95. The summed E-state index contributed by atoms with van der Waals surface area (Å²) < 4.78 is 1.83. The molecule has 0 radical (unpaired) electrons. The molecule has 0 aliphatic heterocycles. The van der Waals surface area contributed by atoms with E-state index in [2.05, 4.69) is 15.3 Å². The highest BCUT2D eigenvalue weighted by molar-refractivity contribution is 5.75. The lowest BCUT2D eigenvalue weighted by molar-refractivity contribution is -0.121. The highest BCUT2D eigenvalue weighted by atomic mass is 16.1. The van der Waals surface area contributed by atoms with Crippen molar-refractivity contribution in [3.05, 3.63) is 72.9 Å². The summed E-state index contributed by atoms with van der Waals surface area (Å²) in [6.07, 6.45) is 9.02. The van der Waals surface area contributed by atoms with Gasteiger partial charge in [-0.1, -0.05) is 6.07 Å². The molecule has 1 amide bonds. The molecule has 0 saturated carbocycles. The van der Waals surface area contributed by atoms with Crippen molar-refractivity contribution in [3.8, 4) is 11.3 Å². The van der Waals surface area contributed by atoms with Crippen LogP contribution in [0, 0.1) is 0 Å². The largest absolute Gasteiger partial charge is 0.350 e. The van der Waals surface area contributed by atoms with Crippen molar-refractivity contribution >= 4 is 5.91 Å². The van der Waals surface area contributed by atoms with Crippen LogP contribution >= 0.6 is 0 Å². The summed E-state index contributed by atoms with van der Waals surface area (Å²) in [5, 5.41) is 2.88. The molecule has 1 N–H and O–H groups in total. The van der Waals surface area contributed by atoms with Crippen LogP contribution in [0.4, 0.5) is 0 Å².